The number of aryl methyl sites for hydroxylation is 1. The SMILES string of the molecule is Cc1ccn(Cc2ccc3c(c2)OCO3)c(=O)c1C(=O)NC1CCOc2ccccc21. The fourth-order valence-electron chi connectivity index (χ4n) is 4.02. The summed E-state index contributed by atoms with van der Waals surface area (Å²) in [6.45, 7) is 2.82. The lowest BCUT2D eigenvalue weighted by molar-refractivity contribution is 0.0922. The van der Waals surface area contributed by atoms with E-state index in [0.29, 0.717) is 36.6 Å². The molecule has 1 aromatic heterocycles. The lowest BCUT2D eigenvalue weighted by atomic mass is 10.00. The van der Waals surface area contributed by atoms with Gasteiger partial charge in [0.1, 0.15) is 11.3 Å². The van der Waals surface area contributed by atoms with Crippen LogP contribution in [0.1, 0.15) is 39.5 Å². The number of rotatable bonds is 4. The van der Waals surface area contributed by atoms with Crippen LogP contribution >= 0.6 is 0 Å². The molecule has 3 heterocycles. The molecular weight excluding hydrogens is 396 g/mol. The molecule has 0 saturated carbocycles. The highest BCUT2D eigenvalue weighted by Gasteiger charge is 2.25. The van der Waals surface area contributed by atoms with Gasteiger partial charge in [0.2, 0.25) is 6.79 Å². The van der Waals surface area contributed by atoms with Gasteiger partial charge in [0, 0.05) is 18.2 Å². The molecular formula is C24H22N2O5. The average Bonchev–Trinajstić information content (AvgIpc) is 3.24. The lowest BCUT2D eigenvalue weighted by Gasteiger charge is -2.26. The second-order valence-electron chi connectivity index (χ2n) is 7.70. The highest BCUT2D eigenvalue weighted by molar-refractivity contribution is 5.95. The normalized spacial score (nSPS) is 16.4. The molecule has 0 bridgehead atoms. The summed E-state index contributed by atoms with van der Waals surface area (Å²) >= 11 is 0. The van der Waals surface area contributed by atoms with Crippen molar-refractivity contribution in [2.45, 2.75) is 25.9 Å². The summed E-state index contributed by atoms with van der Waals surface area (Å²) < 4.78 is 18.0. The van der Waals surface area contributed by atoms with Crippen molar-refractivity contribution in [3.63, 3.8) is 0 Å². The van der Waals surface area contributed by atoms with Crippen LogP contribution in [-0.4, -0.2) is 23.9 Å². The third-order valence-corrected chi connectivity index (χ3v) is 5.65. The van der Waals surface area contributed by atoms with Gasteiger partial charge in [-0.05, 0) is 42.3 Å². The second kappa shape index (κ2) is 7.83. The first-order valence-corrected chi connectivity index (χ1v) is 10.2. The molecule has 3 aromatic rings. The highest BCUT2D eigenvalue weighted by atomic mass is 16.7. The third kappa shape index (κ3) is 3.63. The monoisotopic (exact) mass is 418 g/mol. The molecule has 2 aliphatic rings. The largest absolute Gasteiger partial charge is 0.493 e. The molecule has 5 rings (SSSR count). The maximum absolute atomic E-state index is 13.2. The third-order valence-electron chi connectivity index (χ3n) is 5.65. The number of hydrogen-bond acceptors (Lipinski definition) is 5. The summed E-state index contributed by atoms with van der Waals surface area (Å²) in [5.74, 6) is 1.75. The van der Waals surface area contributed by atoms with E-state index in [-0.39, 0.29) is 29.9 Å². The van der Waals surface area contributed by atoms with Crippen molar-refractivity contribution < 1.29 is 19.0 Å². The molecule has 2 aromatic carbocycles. The summed E-state index contributed by atoms with van der Waals surface area (Å²) in [6.07, 6.45) is 2.36. The zero-order valence-electron chi connectivity index (χ0n) is 17.1. The van der Waals surface area contributed by atoms with Crippen molar-refractivity contribution in [2.24, 2.45) is 0 Å². The smallest absolute Gasteiger partial charge is 0.263 e. The standard InChI is InChI=1S/C24H22N2O5/c1-15-8-10-26(13-16-6-7-20-21(12-16)31-14-30-20)24(28)22(15)23(27)25-18-9-11-29-19-5-3-2-4-17(18)19/h2-8,10,12,18H,9,11,13-14H2,1H3,(H,25,27). The number of nitrogens with zero attached hydrogens (tertiary/aromatic N) is 1. The van der Waals surface area contributed by atoms with Crippen molar-refractivity contribution in [1.82, 2.24) is 9.88 Å². The Morgan fingerprint density at radius 1 is 1.06 bits per heavy atom. The first kappa shape index (κ1) is 19.2. The van der Waals surface area contributed by atoms with E-state index < -0.39 is 0 Å². The van der Waals surface area contributed by atoms with Gasteiger partial charge in [-0.3, -0.25) is 9.59 Å². The predicted molar refractivity (Wildman–Crippen MR) is 114 cm³/mol. The number of benzene rings is 2. The summed E-state index contributed by atoms with van der Waals surface area (Å²) in [4.78, 5) is 26.3. The summed E-state index contributed by atoms with van der Waals surface area (Å²) in [7, 11) is 0. The van der Waals surface area contributed by atoms with E-state index >= 15 is 0 Å². The zero-order valence-corrected chi connectivity index (χ0v) is 17.1. The number of carbonyl (C=O) groups is 1. The van der Waals surface area contributed by atoms with Gasteiger partial charge in [-0.1, -0.05) is 24.3 Å². The quantitative estimate of drug-likeness (QED) is 0.704. The second-order valence-corrected chi connectivity index (χ2v) is 7.70. The van der Waals surface area contributed by atoms with Crippen LogP contribution in [-0.2, 0) is 6.54 Å². The van der Waals surface area contributed by atoms with E-state index in [0.717, 1.165) is 16.9 Å². The minimum Gasteiger partial charge on any atom is -0.493 e. The van der Waals surface area contributed by atoms with Crippen LogP contribution in [0.2, 0.25) is 0 Å². The van der Waals surface area contributed by atoms with E-state index in [1.807, 2.05) is 42.5 Å². The Kier molecular flexibility index (Phi) is 4.86. The summed E-state index contributed by atoms with van der Waals surface area (Å²) in [5.41, 5.74) is 2.30. The van der Waals surface area contributed by atoms with Crippen molar-refractivity contribution in [2.75, 3.05) is 13.4 Å². The van der Waals surface area contributed by atoms with Crippen molar-refractivity contribution in [3.8, 4) is 17.2 Å². The molecule has 0 spiro atoms. The minimum absolute atomic E-state index is 0.159. The molecule has 31 heavy (non-hydrogen) atoms. The van der Waals surface area contributed by atoms with Crippen LogP contribution in [0.4, 0.5) is 0 Å². The van der Waals surface area contributed by atoms with Crippen LogP contribution in [0.5, 0.6) is 17.2 Å². The number of fused-ring (bicyclic) bond motifs is 2. The van der Waals surface area contributed by atoms with Crippen molar-refractivity contribution in [3.05, 3.63) is 87.3 Å². The Hall–Kier alpha value is -3.74. The number of para-hydroxylation sites is 1. The Labute approximate surface area is 179 Å². The van der Waals surface area contributed by atoms with Crippen LogP contribution in [0.15, 0.2) is 59.5 Å². The van der Waals surface area contributed by atoms with Gasteiger partial charge in [-0.25, -0.2) is 0 Å². The van der Waals surface area contributed by atoms with Crippen LogP contribution in [0, 0.1) is 6.92 Å². The van der Waals surface area contributed by atoms with Crippen LogP contribution in [0.25, 0.3) is 0 Å². The van der Waals surface area contributed by atoms with Gasteiger partial charge in [-0.15, -0.1) is 0 Å². The highest BCUT2D eigenvalue weighted by Crippen LogP contribution is 2.33. The molecule has 1 N–H and O–H groups in total. The van der Waals surface area contributed by atoms with Gasteiger partial charge in [-0.2, -0.15) is 0 Å². The number of ether oxygens (including phenoxy) is 3. The zero-order chi connectivity index (χ0) is 21.4. The first-order valence-electron chi connectivity index (χ1n) is 10.2. The van der Waals surface area contributed by atoms with E-state index in [2.05, 4.69) is 5.32 Å². The van der Waals surface area contributed by atoms with Gasteiger partial charge in [0.15, 0.2) is 11.5 Å². The van der Waals surface area contributed by atoms with Crippen LogP contribution < -0.4 is 25.1 Å². The van der Waals surface area contributed by atoms with E-state index in [1.54, 1.807) is 19.2 Å². The van der Waals surface area contributed by atoms with Gasteiger partial charge in [0.25, 0.3) is 11.5 Å². The molecule has 0 aliphatic carbocycles. The Bertz CT molecular complexity index is 1220. The van der Waals surface area contributed by atoms with Crippen molar-refractivity contribution in [1.29, 1.82) is 0 Å². The lowest BCUT2D eigenvalue weighted by Crippen LogP contribution is -2.37. The molecule has 0 fully saturated rings. The maximum Gasteiger partial charge on any atom is 0.263 e. The van der Waals surface area contributed by atoms with Gasteiger partial charge < -0.3 is 24.1 Å². The molecule has 1 unspecified atom stereocenters. The van der Waals surface area contributed by atoms with E-state index in [1.165, 1.54) is 4.57 Å². The van der Waals surface area contributed by atoms with Crippen LogP contribution in [0.3, 0.4) is 0 Å². The van der Waals surface area contributed by atoms with Crippen molar-refractivity contribution >= 4 is 5.91 Å². The number of amides is 1. The predicted octanol–water partition coefficient (Wildman–Crippen LogP) is 3.19. The van der Waals surface area contributed by atoms with Gasteiger partial charge in [0.05, 0.1) is 19.2 Å². The fraction of sp³-hybridized carbons (Fsp3) is 0.250. The minimum atomic E-state index is -0.371. The fourth-order valence-corrected chi connectivity index (χ4v) is 4.02. The van der Waals surface area contributed by atoms with E-state index in [9.17, 15) is 9.59 Å². The number of aromatic nitrogens is 1. The van der Waals surface area contributed by atoms with E-state index in [4.69, 9.17) is 14.2 Å². The molecule has 7 nitrogen and oxygen atoms in total. The molecule has 1 atom stereocenters. The molecule has 7 heteroatoms. The Morgan fingerprint density at radius 2 is 1.90 bits per heavy atom. The average molecular weight is 418 g/mol. The number of pyridine rings is 1. The number of carbonyl (C=O) groups excluding carboxylic acids is 1. The maximum atomic E-state index is 13.2. The Balaban J connectivity index is 1.41. The molecule has 158 valence electrons. The number of hydrogen-bond donors (Lipinski definition) is 1. The summed E-state index contributed by atoms with van der Waals surface area (Å²) in [6, 6.07) is 14.8. The molecule has 0 radical (unpaired) electrons. The van der Waals surface area contributed by atoms with Gasteiger partial charge >= 0.3 is 0 Å². The number of nitrogens with one attached hydrogen (secondary N) is 1. The molecule has 0 saturated heterocycles. The molecule has 1 amide bonds. The Morgan fingerprint density at radius 3 is 2.81 bits per heavy atom. The summed E-state index contributed by atoms with van der Waals surface area (Å²) in [5, 5.41) is 3.03. The molecule has 2 aliphatic heterocycles. The topological polar surface area (TPSA) is 78.8 Å². The first-order chi connectivity index (χ1) is 15.1.